The zero-order valence-corrected chi connectivity index (χ0v) is 9.51. The molecule has 0 heterocycles. The quantitative estimate of drug-likeness (QED) is 0.791. The van der Waals surface area contributed by atoms with E-state index in [-0.39, 0.29) is 12.6 Å². The molecule has 2 unspecified atom stereocenters. The molecule has 2 atom stereocenters. The fourth-order valence-corrected chi connectivity index (χ4v) is 1.52. The van der Waals surface area contributed by atoms with Crippen molar-refractivity contribution >= 4 is 5.69 Å². The lowest BCUT2D eigenvalue weighted by Gasteiger charge is -2.28. The van der Waals surface area contributed by atoms with Gasteiger partial charge in [-0.15, -0.1) is 0 Å². The molecule has 3 heteroatoms. The fourth-order valence-electron chi connectivity index (χ4n) is 1.52. The van der Waals surface area contributed by atoms with Crippen molar-refractivity contribution in [3.8, 4) is 0 Å². The number of para-hydroxylation sites is 1. The number of likely N-dealkylation sites (N-methyl/N-ethyl adjacent to an activating group) is 1. The molecule has 1 aromatic carbocycles. The van der Waals surface area contributed by atoms with Gasteiger partial charge in [0.1, 0.15) is 0 Å². The molecule has 0 aliphatic carbocycles. The topological polar surface area (TPSA) is 43.7 Å². The van der Waals surface area contributed by atoms with Crippen molar-refractivity contribution in [2.24, 2.45) is 0 Å². The van der Waals surface area contributed by atoms with Gasteiger partial charge >= 0.3 is 0 Å². The summed E-state index contributed by atoms with van der Waals surface area (Å²) in [7, 11) is 1.92. The van der Waals surface area contributed by atoms with E-state index in [4.69, 9.17) is 5.11 Å². The van der Waals surface area contributed by atoms with Gasteiger partial charge in [-0.3, -0.25) is 0 Å². The highest BCUT2D eigenvalue weighted by molar-refractivity contribution is 5.54. The van der Waals surface area contributed by atoms with E-state index in [1.807, 2.05) is 43.1 Å². The van der Waals surface area contributed by atoms with Gasteiger partial charge in [0.05, 0.1) is 12.7 Å². The number of anilines is 1. The highest BCUT2D eigenvalue weighted by atomic mass is 16.3. The smallest absolute Gasteiger partial charge is 0.0781 e. The molecule has 0 aliphatic rings. The van der Waals surface area contributed by atoms with Gasteiger partial charge in [-0.2, -0.15) is 0 Å². The van der Waals surface area contributed by atoms with Gasteiger partial charge < -0.3 is 15.1 Å². The van der Waals surface area contributed by atoms with E-state index in [0.29, 0.717) is 0 Å². The first-order chi connectivity index (χ1) is 7.07. The van der Waals surface area contributed by atoms with Gasteiger partial charge in [0.2, 0.25) is 0 Å². The van der Waals surface area contributed by atoms with Gasteiger partial charge in [-0.05, 0) is 19.9 Å². The summed E-state index contributed by atoms with van der Waals surface area (Å²) in [5, 5.41) is 18.7. The Morgan fingerprint density at radius 2 is 1.87 bits per heavy atom. The molecule has 0 radical (unpaired) electrons. The van der Waals surface area contributed by atoms with Crippen molar-refractivity contribution in [3.05, 3.63) is 29.8 Å². The van der Waals surface area contributed by atoms with Crippen molar-refractivity contribution in [2.75, 3.05) is 18.6 Å². The molecule has 0 saturated heterocycles. The second kappa shape index (κ2) is 5.14. The molecule has 0 fully saturated rings. The maximum Gasteiger partial charge on any atom is 0.0781 e. The maximum absolute atomic E-state index is 9.62. The lowest BCUT2D eigenvalue weighted by Crippen LogP contribution is -2.32. The molecule has 1 aromatic rings. The number of nitrogens with zero attached hydrogens (tertiary/aromatic N) is 1. The first kappa shape index (κ1) is 12.0. The normalized spacial score (nSPS) is 14.7. The third-order valence-corrected chi connectivity index (χ3v) is 2.69. The lowest BCUT2D eigenvalue weighted by atomic mass is 10.1. The van der Waals surface area contributed by atoms with Crippen LogP contribution in [-0.4, -0.2) is 29.9 Å². The van der Waals surface area contributed by atoms with Gasteiger partial charge in [-0.1, -0.05) is 18.2 Å². The Bertz CT molecular complexity index is 312. The van der Waals surface area contributed by atoms with Gasteiger partial charge in [0.25, 0.3) is 0 Å². The summed E-state index contributed by atoms with van der Waals surface area (Å²) >= 11 is 0. The number of hydrogen-bond acceptors (Lipinski definition) is 3. The predicted octanol–water partition coefficient (Wildman–Crippen LogP) is 1.56. The Hall–Kier alpha value is -1.06. The molecule has 0 spiro atoms. The van der Waals surface area contributed by atoms with Gasteiger partial charge in [0.15, 0.2) is 0 Å². The van der Waals surface area contributed by atoms with Crippen LogP contribution in [0, 0.1) is 0 Å². The van der Waals surface area contributed by atoms with Crippen LogP contribution in [0.15, 0.2) is 24.3 Å². The molecule has 15 heavy (non-hydrogen) atoms. The first-order valence-corrected chi connectivity index (χ1v) is 5.18. The summed E-state index contributed by atoms with van der Waals surface area (Å²) < 4.78 is 0. The van der Waals surface area contributed by atoms with Crippen molar-refractivity contribution < 1.29 is 10.2 Å². The van der Waals surface area contributed by atoms with Crippen LogP contribution in [0.5, 0.6) is 0 Å². The van der Waals surface area contributed by atoms with E-state index >= 15 is 0 Å². The van der Waals surface area contributed by atoms with Crippen molar-refractivity contribution in [1.82, 2.24) is 0 Å². The Labute approximate surface area is 91.0 Å². The standard InChI is InChI=1S/C12H19NO2/c1-9(8-14)13(3)12-7-5-4-6-11(12)10(2)15/h4-7,9-10,14-15H,8H2,1-3H3. The van der Waals surface area contributed by atoms with Gasteiger partial charge in [-0.25, -0.2) is 0 Å². The molecule has 2 N–H and O–H groups in total. The monoisotopic (exact) mass is 209 g/mol. The zero-order valence-electron chi connectivity index (χ0n) is 9.51. The third kappa shape index (κ3) is 2.70. The second-order valence-corrected chi connectivity index (χ2v) is 3.88. The van der Waals surface area contributed by atoms with Crippen molar-refractivity contribution in [3.63, 3.8) is 0 Å². The van der Waals surface area contributed by atoms with E-state index in [2.05, 4.69) is 0 Å². The average Bonchev–Trinajstić information content (AvgIpc) is 2.27. The van der Waals surface area contributed by atoms with E-state index < -0.39 is 6.10 Å². The average molecular weight is 209 g/mol. The van der Waals surface area contributed by atoms with Crippen LogP contribution in [0.25, 0.3) is 0 Å². The zero-order chi connectivity index (χ0) is 11.4. The summed E-state index contributed by atoms with van der Waals surface area (Å²) in [5.41, 5.74) is 1.86. The number of aliphatic hydroxyl groups is 2. The largest absolute Gasteiger partial charge is 0.394 e. The summed E-state index contributed by atoms with van der Waals surface area (Å²) in [4.78, 5) is 1.97. The number of aliphatic hydroxyl groups excluding tert-OH is 2. The minimum Gasteiger partial charge on any atom is -0.394 e. The van der Waals surface area contributed by atoms with Crippen LogP contribution in [-0.2, 0) is 0 Å². The summed E-state index contributed by atoms with van der Waals surface area (Å²) in [6, 6.07) is 7.74. The molecule has 0 aliphatic heterocycles. The molecule has 1 rings (SSSR count). The highest BCUT2D eigenvalue weighted by Gasteiger charge is 2.14. The number of hydrogen-bond donors (Lipinski definition) is 2. The Morgan fingerprint density at radius 3 is 2.40 bits per heavy atom. The Balaban J connectivity index is 3.02. The third-order valence-electron chi connectivity index (χ3n) is 2.69. The molecule has 0 amide bonds. The van der Waals surface area contributed by atoms with E-state index in [9.17, 15) is 5.11 Å². The number of benzene rings is 1. The molecule has 0 aromatic heterocycles. The van der Waals surface area contributed by atoms with Crippen molar-refractivity contribution in [2.45, 2.75) is 26.0 Å². The van der Waals surface area contributed by atoms with Crippen LogP contribution in [0.2, 0.25) is 0 Å². The predicted molar refractivity (Wildman–Crippen MR) is 62.0 cm³/mol. The molecule has 84 valence electrons. The van der Waals surface area contributed by atoms with E-state index in [0.717, 1.165) is 11.3 Å². The minimum atomic E-state index is -0.491. The molecular formula is C12H19NO2. The molecule has 0 saturated carbocycles. The Morgan fingerprint density at radius 1 is 1.27 bits per heavy atom. The summed E-state index contributed by atoms with van der Waals surface area (Å²) in [5.74, 6) is 0. The maximum atomic E-state index is 9.62. The highest BCUT2D eigenvalue weighted by Crippen LogP contribution is 2.26. The summed E-state index contributed by atoms with van der Waals surface area (Å²) in [6.07, 6.45) is -0.491. The van der Waals surface area contributed by atoms with Crippen molar-refractivity contribution in [1.29, 1.82) is 0 Å². The van der Waals surface area contributed by atoms with Crippen LogP contribution < -0.4 is 4.90 Å². The molecule has 0 bridgehead atoms. The first-order valence-electron chi connectivity index (χ1n) is 5.18. The molecular weight excluding hydrogens is 190 g/mol. The van der Waals surface area contributed by atoms with Gasteiger partial charge in [0, 0.05) is 24.3 Å². The molecule has 3 nitrogen and oxygen atoms in total. The fraction of sp³-hybridized carbons (Fsp3) is 0.500. The van der Waals surface area contributed by atoms with Crippen LogP contribution in [0.4, 0.5) is 5.69 Å². The van der Waals surface area contributed by atoms with E-state index in [1.54, 1.807) is 6.92 Å². The number of rotatable bonds is 4. The van der Waals surface area contributed by atoms with Crippen LogP contribution in [0.3, 0.4) is 0 Å². The second-order valence-electron chi connectivity index (χ2n) is 3.88. The Kier molecular flexibility index (Phi) is 4.12. The summed E-state index contributed by atoms with van der Waals surface area (Å²) in [6.45, 7) is 3.79. The minimum absolute atomic E-state index is 0.0462. The van der Waals surface area contributed by atoms with Crippen LogP contribution >= 0.6 is 0 Å². The SMILES string of the molecule is CC(O)c1ccccc1N(C)C(C)CO. The lowest BCUT2D eigenvalue weighted by molar-refractivity contribution is 0.199. The van der Waals surface area contributed by atoms with E-state index in [1.165, 1.54) is 0 Å². The van der Waals surface area contributed by atoms with Crippen LogP contribution in [0.1, 0.15) is 25.5 Å².